The number of hydrogen-bond acceptors (Lipinski definition) is 7. The minimum atomic E-state index is -0.407. The number of piperazine rings is 1. The Kier molecular flexibility index (Phi) is 6.05. The van der Waals surface area contributed by atoms with Crippen LogP contribution in [0.15, 0.2) is 76.1 Å². The SMILES string of the molecule is Cc1ccc(C)c2[nH]c(=O)c(C(c3nnnn3Cc3ccco3)N3CCN(c4ccccc4)CC3)cc12. The maximum atomic E-state index is 13.6. The van der Waals surface area contributed by atoms with Gasteiger partial charge in [0.05, 0.1) is 11.8 Å². The third kappa shape index (κ3) is 4.42. The van der Waals surface area contributed by atoms with Gasteiger partial charge in [0.2, 0.25) is 0 Å². The maximum Gasteiger partial charge on any atom is 0.253 e. The van der Waals surface area contributed by atoms with Gasteiger partial charge in [-0.2, -0.15) is 0 Å². The van der Waals surface area contributed by atoms with Crippen LogP contribution in [0.5, 0.6) is 0 Å². The van der Waals surface area contributed by atoms with Crippen molar-refractivity contribution in [1.82, 2.24) is 30.1 Å². The van der Waals surface area contributed by atoms with Crippen LogP contribution in [0.1, 0.15) is 34.3 Å². The molecule has 1 fully saturated rings. The molecular weight excluding hydrogens is 466 g/mol. The molecule has 9 nitrogen and oxygen atoms in total. The van der Waals surface area contributed by atoms with Crippen LogP contribution in [-0.2, 0) is 6.54 Å². The normalized spacial score (nSPS) is 15.4. The lowest BCUT2D eigenvalue weighted by atomic mass is 9.99. The van der Waals surface area contributed by atoms with E-state index < -0.39 is 6.04 Å². The molecule has 0 spiro atoms. The quantitative estimate of drug-likeness (QED) is 0.384. The molecule has 37 heavy (non-hydrogen) atoms. The molecule has 0 aliphatic carbocycles. The summed E-state index contributed by atoms with van der Waals surface area (Å²) in [6.07, 6.45) is 1.64. The molecule has 2 aromatic carbocycles. The predicted molar refractivity (Wildman–Crippen MR) is 142 cm³/mol. The molecule has 5 aromatic rings. The number of aromatic nitrogens is 5. The van der Waals surface area contributed by atoms with Gasteiger partial charge in [-0.1, -0.05) is 30.3 Å². The Morgan fingerprint density at radius 2 is 1.76 bits per heavy atom. The largest absolute Gasteiger partial charge is 0.467 e. The summed E-state index contributed by atoms with van der Waals surface area (Å²) in [7, 11) is 0. The van der Waals surface area contributed by atoms with Crippen LogP contribution in [0.4, 0.5) is 5.69 Å². The van der Waals surface area contributed by atoms with Gasteiger partial charge in [-0.05, 0) is 65.7 Å². The molecule has 1 unspecified atom stereocenters. The summed E-state index contributed by atoms with van der Waals surface area (Å²) in [5.41, 5.74) is 4.75. The van der Waals surface area contributed by atoms with E-state index in [2.05, 4.69) is 67.6 Å². The molecular formula is C28H29N7O2. The Morgan fingerprint density at radius 1 is 0.973 bits per heavy atom. The summed E-state index contributed by atoms with van der Waals surface area (Å²) in [4.78, 5) is 21.4. The molecule has 1 atom stereocenters. The highest BCUT2D eigenvalue weighted by atomic mass is 16.3. The number of anilines is 1. The average Bonchev–Trinajstić information content (AvgIpc) is 3.61. The fraction of sp³-hybridized carbons (Fsp3) is 0.286. The van der Waals surface area contributed by atoms with Crippen LogP contribution in [-0.4, -0.2) is 56.3 Å². The number of fused-ring (bicyclic) bond motifs is 1. The van der Waals surface area contributed by atoms with E-state index in [1.54, 1.807) is 10.9 Å². The number of tetrazole rings is 1. The minimum Gasteiger partial charge on any atom is -0.467 e. The fourth-order valence-corrected chi connectivity index (χ4v) is 5.24. The second-order valence-electron chi connectivity index (χ2n) is 9.58. The first-order valence-corrected chi connectivity index (χ1v) is 12.5. The number of aryl methyl sites for hydroxylation is 2. The smallest absolute Gasteiger partial charge is 0.253 e. The molecule has 0 radical (unpaired) electrons. The van der Waals surface area contributed by atoms with Gasteiger partial charge in [0, 0.05) is 42.8 Å². The van der Waals surface area contributed by atoms with Crippen molar-refractivity contribution in [3.63, 3.8) is 0 Å². The van der Waals surface area contributed by atoms with Crippen molar-refractivity contribution >= 4 is 16.6 Å². The highest BCUT2D eigenvalue weighted by molar-refractivity contribution is 5.85. The molecule has 4 heterocycles. The maximum absolute atomic E-state index is 13.6. The molecule has 3 aromatic heterocycles. The second-order valence-corrected chi connectivity index (χ2v) is 9.58. The third-order valence-electron chi connectivity index (χ3n) is 7.26. The summed E-state index contributed by atoms with van der Waals surface area (Å²) in [5, 5.41) is 13.7. The third-order valence-corrected chi connectivity index (χ3v) is 7.26. The summed E-state index contributed by atoms with van der Waals surface area (Å²) in [6.45, 7) is 7.67. The lowest BCUT2D eigenvalue weighted by Gasteiger charge is -2.39. The number of rotatable bonds is 6. The van der Waals surface area contributed by atoms with Crippen molar-refractivity contribution in [1.29, 1.82) is 0 Å². The number of pyridine rings is 1. The summed E-state index contributed by atoms with van der Waals surface area (Å²) in [6, 6.07) is 19.9. The molecule has 1 aliphatic heterocycles. The zero-order chi connectivity index (χ0) is 25.4. The molecule has 9 heteroatoms. The number of H-pyrrole nitrogens is 1. The van der Waals surface area contributed by atoms with Crippen molar-refractivity contribution in [2.24, 2.45) is 0 Å². The van der Waals surface area contributed by atoms with Crippen molar-refractivity contribution in [3.8, 4) is 0 Å². The minimum absolute atomic E-state index is 0.121. The van der Waals surface area contributed by atoms with Crippen LogP contribution in [0, 0.1) is 13.8 Å². The number of benzene rings is 2. The highest BCUT2D eigenvalue weighted by Crippen LogP contribution is 2.30. The number of furan rings is 1. The predicted octanol–water partition coefficient (Wildman–Crippen LogP) is 3.68. The molecule has 0 amide bonds. The number of hydrogen-bond donors (Lipinski definition) is 1. The molecule has 0 saturated carbocycles. The van der Waals surface area contributed by atoms with E-state index in [0.29, 0.717) is 17.9 Å². The first-order chi connectivity index (χ1) is 18.1. The lowest BCUT2D eigenvalue weighted by molar-refractivity contribution is 0.200. The van der Waals surface area contributed by atoms with Gasteiger partial charge in [0.25, 0.3) is 5.56 Å². The molecule has 6 rings (SSSR count). The highest BCUT2D eigenvalue weighted by Gasteiger charge is 2.33. The number of aromatic amines is 1. The van der Waals surface area contributed by atoms with E-state index in [1.165, 1.54) is 5.69 Å². The number of para-hydroxylation sites is 1. The van der Waals surface area contributed by atoms with E-state index in [-0.39, 0.29) is 5.56 Å². The average molecular weight is 496 g/mol. The summed E-state index contributed by atoms with van der Waals surface area (Å²) >= 11 is 0. The molecule has 1 aliphatic rings. The molecule has 0 bridgehead atoms. The van der Waals surface area contributed by atoms with Crippen LogP contribution in [0.3, 0.4) is 0 Å². The van der Waals surface area contributed by atoms with E-state index in [4.69, 9.17) is 4.42 Å². The van der Waals surface area contributed by atoms with Gasteiger partial charge in [0.15, 0.2) is 5.82 Å². The van der Waals surface area contributed by atoms with Crippen molar-refractivity contribution < 1.29 is 4.42 Å². The lowest BCUT2D eigenvalue weighted by Crippen LogP contribution is -2.49. The van der Waals surface area contributed by atoms with Gasteiger partial charge < -0.3 is 14.3 Å². The zero-order valence-electron chi connectivity index (χ0n) is 21.0. The Morgan fingerprint density at radius 3 is 2.51 bits per heavy atom. The first kappa shape index (κ1) is 23.2. The Labute approximate surface area is 214 Å². The Balaban J connectivity index is 1.42. The van der Waals surface area contributed by atoms with Crippen LogP contribution < -0.4 is 10.5 Å². The standard InChI is InChI=1S/C28H29N7O2/c1-19-10-11-20(2)25-23(19)17-24(28(36)29-25)26(27-30-31-32-35(27)18-22-9-6-16-37-22)34-14-12-33(13-15-34)21-7-4-3-5-8-21/h3-11,16-17,26H,12-15,18H2,1-2H3,(H,29,36). The van der Waals surface area contributed by atoms with Gasteiger partial charge in [-0.3, -0.25) is 9.69 Å². The van der Waals surface area contributed by atoms with Gasteiger partial charge >= 0.3 is 0 Å². The Bertz CT molecular complexity index is 1570. The summed E-state index contributed by atoms with van der Waals surface area (Å²) in [5.74, 6) is 1.37. The second kappa shape index (κ2) is 9.67. The fourth-order valence-electron chi connectivity index (χ4n) is 5.24. The molecule has 1 N–H and O–H groups in total. The van der Waals surface area contributed by atoms with E-state index in [9.17, 15) is 4.79 Å². The van der Waals surface area contributed by atoms with E-state index in [1.807, 2.05) is 37.3 Å². The van der Waals surface area contributed by atoms with Crippen LogP contribution in [0.2, 0.25) is 0 Å². The molecule has 1 saturated heterocycles. The van der Waals surface area contributed by atoms with Crippen LogP contribution in [0.25, 0.3) is 10.9 Å². The van der Waals surface area contributed by atoms with Crippen molar-refractivity contribution in [3.05, 3.63) is 106 Å². The van der Waals surface area contributed by atoms with Crippen molar-refractivity contribution in [2.75, 3.05) is 31.1 Å². The van der Waals surface area contributed by atoms with Gasteiger partial charge in [0.1, 0.15) is 18.3 Å². The first-order valence-electron chi connectivity index (χ1n) is 12.5. The summed E-state index contributed by atoms with van der Waals surface area (Å²) < 4.78 is 7.30. The zero-order valence-corrected chi connectivity index (χ0v) is 21.0. The number of nitrogens with zero attached hydrogens (tertiary/aromatic N) is 6. The Hall–Kier alpha value is -4.24. The monoisotopic (exact) mass is 495 g/mol. The topological polar surface area (TPSA) is 96.1 Å². The van der Waals surface area contributed by atoms with E-state index >= 15 is 0 Å². The molecule has 188 valence electrons. The van der Waals surface area contributed by atoms with E-state index in [0.717, 1.165) is 54.0 Å². The van der Waals surface area contributed by atoms with Gasteiger partial charge in [-0.25, -0.2) is 4.68 Å². The van der Waals surface area contributed by atoms with Crippen LogP contribution >= 0.6 is 0 Å². The van der Waals surface area contributed by atoms with Crippen molar-refractivity contribution in [2.45, 2.75) is 26.4 Å². The van der Waals surface area contributed by atoms with Gasteiger partial charge in [-0.15, -0.1) is 5.10 Å². The number of nitrogens with one attached hydrogen (secondary N) is 1.